The molecule has 0 spiro atoms. The fraction of sp³-hybridized carbons (Fsp3) is 0.188. The maximum atomic E-state index is 11.2. The van der Waals surface area contributed by atoms with Crippen LogP contribution in [0.4, 0.5) is 5.69 Å². The van der Waals surface area contributed by atoms with Crippen molar-refractivity contribution in [3.63, 3.8) is 0 Å². The van der Waals surface area contributed by atoms with E-state index < -0.39 is 4.92 Å². The van der Waals surface area contributed by atoms with E-state index in [1.54, 1.807) is 37.3 Å². The van der Waals surface area contributed by atoms with Gasteiger partial charge in [0.05, 0.1) is 10.5 Å². The first-order valence-electron chi connectivity index (χ1n) is 6.51. The van der Waals surface area contributed by atoms with Crippen LogP contribution in [0.2, 0.25) is 0 Å². The highest BCUT2D eigenvalue weighted by Crippen LogP contribution is 2.35. The lowest BCUT2D eigenvalue weighted by molar-refractivity contribution is -0.385. The smallest absolute Gasteiger partial charge is 0.311 e. The molecule has 0 fully saturated rings. The average Bonchev–Trinajstić information content (AvgIpc) is 2.49. The molecule has 21 heavy (non-hydrogen) atoms. The third-order valence-electron chi connectivity index (χ3n) is 3.17. The number of nitro benzene ring substituents is 1. The van der Waals surface area contributed by atoms with Gasteiger partial charge in [-0.1, -0.05) is 25.1 Å². The Labute approximate surface area is 122 Å². The van der Waals surface area contributed by atoms with Gasteiger partial charge in [-0.25, -0.2) is 0 Å². The highest BCUT2D eigenvalue weighted by Gasteiger charge is 2.18. The van der Waals surface area contributed by atoms with Crippen molar-refractivity contribution in [2.45, 2.75) is 20.3 Å². The second kappa shape index (κ2) is 6.06. The van der Waals surface area contributed by atoms with Crippen LogP contribution >= 0.6 is 0 Å². The quantitative estimate of drug-likeness (QED) is 0.624. The number of hydrogen-bond donors (Lipinski definition) is 0. The molecule has 0 aromatic heterocycles. The molecule has 0 aliphatic heterocycles. The van der Waals surface area contributed by atoms with E-state index in [4.69, 9.17) is 10.00 Å². The van der Waals surface area contributed by atoms with E-state index in [1.165, 1.54) is 6.07 Å². The molecule has 0 heterocycles. The number of nitriles is 1. The van der Waals surface area contributed by atoms with E-state index >= 15 is 0 Å². The lowest BCUT2D eigenvalue weighted by Crippen LogP contribution is -1.97. The molecular formula is C16H14N2O3. The molecule has 2 aromatic carbocycles. The zero-order valence-corrected chi connectivity index (χ0v) is 11.8. The van der Waals surface area contributed by atoms with Crippen molar-refractivity contribution >= 4 is 5.69 Å². The Balaban J connectivity index is 2.50. The van der Waals surface area contributed by atoms with Crippen LogP contribution in [0, 0.1) is 28.4 Å². The number of aryl methyl sites for hydroxylation is 2. The van der Waals surface area contributed by atoms with Gasteiger partial charge in [0.2, 0.25) is 5.75 Å². The van der Waals surface area contributed by atoms with Crippen LogP contribution in [-0.4, -0.2) is 4.92 Å². The Hall–Kier alpha value is -2.87. The summed E-state index contributed by atoms with van der Waals surface area (Å²) in [7, 11) is 0. The summed E-state index contributed by atoms with van der Waals surface area (Å²) in [6.45, 7) is 3.72. The molecule has 0 N–H and O–H groups in total. The predicted octanol–water partition coefficient (Wildman–Crippen LogP) is 4.13. The van der Waals surface area contributed by atoms with Crippen molar-refractivity contribution in [1.29, 1.82) is 5.26 Å². The minimum atomic E-state index is -0.473. The minimum absolute atomic E-state index is 0.0958. The monoisotopic (exact) mass is 282 g/mol. The summed E-state index contributed by atoms with van der Waals surface area (Å²) in [6, 6.07) is 12.1. The summed E-state index contributed by atoms with van der Waals surface area (Å²) in [4.78, 5) is 10.7. The first-order valence-corrected chi connectivity index (χ1v) is 6.51. The fourth-order valence-electron chi connectivity index (χ4n) is 2.00. The second-order valence-corrected chi connectivity index (χ2v) is 4.58. The van der Waals surface area contributed by atoms with Gasteiger partial charge in [-0.3, -0.25) is 10.1 Å². The van der Waals surface area contributed by atoms with Gasteiger partial charge in [-0.05, 0) is 36.6 Å². The van der Waals surface area contributed by atoms with Crippen molar-refractivity contribution in [2.75, 3.05) is 0 Å². The van der Waals surface area contributed by atoms with Crippen molar-refractivity contribution in [3.05, 3.63) is 63.2 Å². The average molecular weight is 282 g/mol. The molecule has 0 amide bonds. The minimum Gasteiger partial charge on any atom is -0.448 e. The number of rotatable bonds is 4. The maximum Gasteiger partial charge on any atom is 0.311 e. The van der Waals surface area contributed by atoms with Gasteiger partial charge >= 0.3 is 5.69 Å². The Morgan fingerprint density at radius 3 is 2.71 bits per heavy atom. The van der Waals surface area contributed by atoms with E-state index in [2.05, 4.69) is 0 Å². The van der Waals surface area contributed by atoms with Crippen molar-refractivity contribution in [1.82, 2.24) is 0 Å². The van der Waals surface area contributed by atoms with Crippen LogP contribution in [0.3, 0.4) is 0 Å². The number of nitro groups is 1. The second-order valence-electron chi connectivity index (χ2n) is 4.58. The molecule has 0 saturated carbocycles. The summed E-state index contributed by atoms with van der Waals surface area (Å²) in [6.07, 6.45) is 0.703. The van der Waals surface area contributed by atoms with Gasteiger partial charge < -0.3 is 4.74 Å². The summed E-state index contributed by atoms with van der Waals surface area (Å²) < 4.78 is 5.66. The van der Waals surface area contributed by atoms with Gasteiger partial charge in [0.25, 0.3) is 0 Å². The molecule has 5 heteroatoms. The normalized spacial score (nSPS) is 9.95. The van der Waals surface area contributed by atoms with Crippen LogP contribution in [0.5, 0.6) is 11.5 Å². The predicted molar refractivity (Wildman–Crippen MR) is 78.4 cm³/mol. The third kappa shape index (κ3) is 3.00. The van der Waals surface area contributed by atoms with Gasteiger partial charge in [0.15, 0.2) is 0 Å². The Morgan fingerprint density at radius 1 is 1.33 bits per heavy atom. The van der Waals surface area contributed by atoms with Crippen LogP contribution in [0.25, 0.3) is 0 Å². The van der Waals surface area contributed by atoms with Crippen molar-refractivity contribution in [2.24, 2.45) is 0 Å². The van der Waals surface area contributed by atoms with Gasteiger partial charge in [0.1, 0.15) is 11.8 Å². The molecule has 2 rings (SSSR count). The molecule has 0 atom stereocenters. The van der Waals surface area contributed by atoms with Crippen LogP contribution < -0.4 is 4.74 Å². The van der Waals surface area contributed by atoms with E-state index in [1.807, 2.05) is 13.0 Å². The van der Waals surface area contributed by atoms with E-state index in [0.29, 0.717) is 17.7 Å². The van der Waals surface area contributed by atoms with Gasteiger partial charge in [-0.15, -0.1) is 0 Å². The fourth-order valence-corrected chi connectivity index (χ4v) is 2.00. The zero-order chi connectivity index (χ0) is 15.4. The number of ether oxygens (including phenoxy) is 1. The standard InChI is InChI=1S/C16H14N2O3/c1-3-12-7-8-15(14(9-12)18(19)20)21-16-11(2)5-4-6-13(16)10-17/h4-9H,3H2,1-2H3. The molecule has 0 aliphatic carbocycles. The van der Waals surface area contributed by atoms with E-state index in [-0.39, 0.29) is 11.4 Å². The van der Waals surface area contributed by atoms with E-state index in [0.717, 1.165) is 11.1 Å². The molecular weight excluding hydrogens is 268 g/mol. The molecule has 0 bridgehead atoms. The first-order chi connectivity index (χ1) is 10.1. The van der Waals surface area contributed by atoms with Crippen molar-refractivity contribution < 1.29 is 9.66 Å². The Bertz CT molecular complexity index is 733. The third-order valence-corrected chi connectivity index (χ3v) is 3.17. The number of nitrogens with zero attached hydrogens (tertiary/aromatic N) is 2. The summed E-state index contributed by atoms with van der Waals surface area (Å²) >= 11 is 0. The lowest BCUT2D eigenvalue weighted by atomic mass is 10.1. The Morgan fingerprint density at radius 2 is 2.10 bits per heavy atom. The molecule has 2 aromatic rings. The first kappa shape index (κ1) is 14.5. The topological polar surface area (TPSA) is 76.2 Å². The molecule has 5 nitrogen and oxygen atoms in total. The largest absolute Gasteiger partial charge is 0.448 e. The maximum absolute atomic E-state index is 11.2. The zero-order valence-electron chi connectivity index (χ0n) is 11.8. The summed E-state index contributed by atoms with van der Waals surface area (Å²) in [5.41, 5.74) is 1.87. The van der Waals surface area contributed by atoms with Crippen LogP contribution in [0.1, 0.15) is 23.6 Å². The van der Waals surface area contributed by atoms with Crippen LogP contribution in [0.15, 0.2) is 36.4 Å². The molecule has 0 aliphatic rings. The molecule has 0 radical (unpaired) electrons. The highest BCUT2D eigenvalue weighted by molar-refractivity contribution is 5.55. The van der Waals surface area contributed by atoms with Gasteiger partial charge in [-0.2, -0.15) is 5.26 Å². The summed E-state index contributed by atoms with van der Waals surface area (Å²) in [5.74, 6) is 0.496. The van der Waals surface area contributed by atoms with E-state index in [9.17, 15) is 10.1 Å². The Kier molecular flexibility index (Phi) is 4.19. The molecule has 106 valence electrons. The molecule has 0 unspecified atom stereocenters. The van der Waals surface area contributed by atoms with Crippen molar-refractivity contribution in [3.8, 4) is 17.6 Å². The summed E-state index contributed by atoms with van der Waals surface area (Å²) in [5, 5.41) is 20.3. The number of benzene rings is 2. The lowest BCUT2D eigenvalue weighted by Gasteiger charge is -2.11. The SMILES string of the molecule is CCc1ccc(Oc2c(C)cccc2C#N)c([N+](=O)[O-])c1. The number of hydrogen-bond acceptors (Lipinski definition) is 4. The molecule has 0 saturated heterocycles. The number of para-hydroxylation sites is 1. The van der Waals surface area contributed by atoms with Crippen LogP contribution in [-0.2, 0) is 6.42 Å². The van der Waals surface area contributed by atoms with Gasteiger partial charge in [0, 0.05) is 6.07 Å². The highest BCUT2D eigenvalue weighted by atomic mass is 16.6.